The highest BCUT2D eigenvalue weighted by atomic mass is 16.5. The predicted molar refractivity (Wildman–Crippen MR) is 101 cm³/mol. The van der Waals surface area contributed by atoms with Crippen LogP contribution >= 0.6 is 0 Å². The number of benzene rings is 1. The molecule has 0 aliphatic carbocycles. The van der Waals surface area contributed by atoms with Crippen LogP contribution in [0.4, 0.5) is 4.79 Å². The van der Waals surface area contributed by atoms with E-state index in [1.807, 2.05) is 44.2 Å². The number of carbonyl (C=O) groups excluding carboxylic acids is 2. The molecule has 1 aromatic carbocycles. The van der Waals surface area contributed by atoms with Crippen LogP contribution in [0.3, 0.4) is 0 Å². The molecule has 3 N–H and O–H groups in total. The summed E-state index contributed by atoms with van der Waals surface area (Å²) < 4.78 is 5.04. The van der Waals surface area contributed by atoms with Gasteiger partial charge in [-0.1, -0.05) is 71.4 Å². The molecule has 0 heterocycles. The number of amides is 2. The fraction of sp³-hybridized carbons (Fsp3) is 0.579. The second-order valence-electron chi connectivity index (χ2n) is 4.89. The topological polar surface area (TPSA) is 87.7 Å². The number of alkyl carbamates (subject to hydrolysis) is 1. The normalized spacial score (nSPS) is 10.2. The highest BCUT2D eigenvalue weighted by molar-refractivity contribution is 5.85. The van der Waals surface area contributed by atoms with Crippen molar-refractivity contribution >= 4 is 12.0 Å². The molecule has 1 aromatic rings. The van der Waals surface area contributed by atoms with E-state index in [1.165, 1.54) is 6.42 Å². The van der Waals surface area contributed by atoms with Gasteiger partial charge in [0.05, 0.1) is 6.61 Å². The maximum atomic E-state index is 11.7. The first-order valence-corrected chi connectivity index (χ1v) is 8.94. The minimum atomic E-state index is -0.662. The van der Waals surface area contributed by atoms with Gasteiger partial charge in [0.1, 0.15) is 12.6 Å². The molecule has 0 aliphatic rings. The Morgan fingerprint density at radius 1 is 1.12 bits per heavy atom. The first-order chi connectivity index (χ1) is 12.1. The summed E-state index contributed by atoms with van der Waals surface area (Å²) in [6, 6.07) is 8.62. The zero-order valence-electron chi connectivity index (χ0n) is 16.2. The van der Waals surface area contributed by atoms with Crippen molar-refractivity contribution in [3.8, 4) is 0 Å². The van der Waals surface area contributed by atoms with Crippen molar-refractivity contribution in [1.29, 1.82) is 0 Å². The summed E-state index contributed by atoms with van der Waals surface area (Å²) in [7, 11) is 0. The van der Waals surface area contributed by atoms with Gasteiger partial charge in [0.25, 0.3) is 0 Å². The highest BCUT2D eigenvalue weighted by Crippen LogP contribution is 2.01. The van der Waals surface area contributed by atoms with Gasteiger partial charge in [-0.05, 0) is 12.0 Å². The van der Waals surface area contributed by atoms with Gasteiger partial charge >= 0.3 is 6.09 Å². The van der Waals surface area contributed by atoms with E-state index in [2.05, 4.69) is 24.5 Å². The van der Waals surface area contributed by atoms with E-state index < -0.39 is 12.1 Å². The van der Waals surface area contributed by atoms with E-state index in [0.29, 0.717) is 6.42 Å². The van der Waals surface area contributed by atoms with E-state index in [-0.39, 0.29) is 25.7 Å². The number of rotatable bonds is 7. The Morgan fingerprint density at radius 2 is 1.68 bits per heavy atom. The van der Waals surface area contributed by atoms with Crippen LogP contribution in [0.15, 0.2) is 30.3 Å². The van der Waals surface area contributed by atoms with E-state index in [4.69, 9.17) is 9.84 Å². The van der Waals surface area contributed by atoms with Gasteiger partial charge < -0.3 is 20.5 Å². The average Bonchev–Trinajstić information content (AvgIpc) is 2.65. The molecule has 0 aliphatic heterocycles. The molecule has 0 aromatic heterocycles. The van der Waals surface area contributed by atoms with Gasteiger partial charge in [-0.3, -0.25) is 4.79 Å². The van der Waals surface area contributed by atoms with E-state index in [9.17, 15) is 9.59 Å². The molecule has 0 saturated heterocycles. The van der Waals surface area contributed by atoms with Crippen molar-refractivity contribution in [2.24, 2.45) is 0 Å². The van der Waals surface area contributed by atoms with E-state index >= 15 is 0 Å². The quantitative estimate of drug-likeness (QED) is 0.701. The number of hydrogen-bond donors (Lipinski definition) is 3. The lowest BCUT2D eigenvalue weighted by molar-refractivity contribution is -0.123. The molecule has 6 nitrogen and oxygen atoms in total. The molecule has 0 radical (unpaired) electrons. The summed E-state index contributed by atoms with van der Waals surface area (Å²) in [6.45, 7) is 10.2. The summed E-state index contributed by atoms with van der Waals surface area (Å²) in [5, 5.41) is 13.6. The standard InChI is InChI=1S/C14H20N2O4.C3H8.C2H6/c1-2-12(13(18)15-8-9-17)16-14(19)20-10-11-6-4-3-5-7-11;1-3-2;1-2/h3-7,12,17H,2,8-10H2,1H3,(H,15,18)(H,16,19);3H2,1-2H3;1-2H3. The van der Waals surface area contributed by atoms with Crippen LogP contribution in [-0.2, 0) is 16.1 Å². The van der Waals surface area contributed by atoms with Crippen molar-refractivity contribution < 1.29 is 19.4 Å². The fourth-order valence-electron chi connectivity index (χ4n) is 1.56. The lowest BCUT2D eigenvalue weighted by Gasteiger charge is -2.16. The van der Waals surface area contributed by atoms with Crippen LogP contribution in [0.25, 0.3) is 0 Å². The van der Waals surface area contributed by atoms with Crippen molar-refractivity contribution in [3.05, 3.63) is 35.9 Å². The zero-order chi connectivity index (χ0) is 19.5. The minimum Gasteiger partial charge on any atom is -0.445 e. The van der Waals surface area contributed by atoms with Gasteiger partial charge in [0.15, 0.2) is 0 Å². The largest absolute Gasteiger partial charge is 0.445 e. The van der Waals surface area contributed by atoms with Crippen LogP contribution in [0.5, 0.6) is 0 Å². The molecule has 0 bridgehead atoms. The molecule has 144 valence electrons. The number of ether oxygens (including phenoxy) is 1. The van der Waals surface area contributed by atoms with E-state index in [1.54, 1.807) is 6.92 Å². The van der Waals surface area contributed by atoms with Crippen LogP contribution in [0, 0.1) is 0 Å². The molecule has 2 amide bonds. The Morgan fingerprint density at radius 3 is 2.16 bits per heavy atom. The fourth-order valence-corrected chi connectivity index (χ4v) is 1.56. The van der Waals surface area contributed by atoms with Crippen molar-refractivity contribution in [2.75, 3.05) is 13.2 Å². The molecule has 0 fully saturated rings. The average molecular weight is 354 g/mol. The lowest BCUT2D eigenvalue weighted by Crippen LogP contribution is -2.47. The van der Waals surface area contributed by atoms with Crippen molar-refractivity contribution in [2.45, 2.75) is 60.1 Å². The Balaban J connectivity index is 0. The number of carbonyl (C=O) groups is 2. The summed E-state index contributed by atoms with van der Waals surface area (Å²) in [4.78, 5) is 23.3. The predicted octanol–water partition coefficient (Wildman–Crippen LogP) is 3.24. The summed E-state index contributed by atoms with van der Waals surface area (Å²) in [6.07, 6.45) is 1.05. The van der Waals surface area contributed by atoms with Gasteiger partial charge in [-0.15, -0.1) is 0 Å². The van der Waals surface area contributed by atoms with Crippen LogP contribution in [0.1, 0.15) is 53.0 Å². The molecular formula is C19H34N2O4. The first kappa shape index (κ1) is 25.2. The van der Waals surface area contributed by atoms with Gasteiger partial charge in [0, 0.05) is 6.54 Å². The van der Waals surface area contributed by atoms with E-state index in [0.717, 1.165) is 5.56 Å². The molecule has 6 heteroatoms. The second-order valence-corrected chi connectivity index (χ2v) is 4.89. The third kappa shape index (κ3) is 14.0. The summed E-state index contributed by atoms with van der Waals surface area (Å²) in [5.74, 6) is -0.335. The van der Waals surface area contributed by atoms with Gasteiger partial charge in [-0.25, -0.2) is 4.79 Å². The van der Waals surface area contributed by atoms with Crippen LogP contribution < -0.4 is 10.6 Å². The van der Waals surface area contributed by atoms with Crippen molar-refractivity contribution in [3.63, 3.8) is 0 Å². The highest BCUT2D eigenvalue weighted by Gasteiger charge is 2.18. The smallest absolute Gasteiger partial charge is 0.408 e. The number of aliphatic hydroxyl groups is 1. The Bertz CT molecular complexity index is 438. The van der Waals surface area contributed by atoms with Gasteiger partial charge in [0.2, 0.25) is 5.91 Å². The molecule has 25 heavy (non-hydrogen) atoms. The Hall–Kier alpha value is -2.08. The third-order valence-electron chi connectivity index (χ3n) is 2.64. The maximum absolute atomic E-state index is 11.7. The molecule has 0 saturated carbocycles. The van der Waals surface area contributed by atoms with Crippen LogP contribution in [0.2, 0.25) is 0 Å². The summed E-state index contributed by atoms with van der Waals surface area (Å²) >= 11 is 0. The number of hydrogen-bond acceptors (Lipinski definition) is 4. The lowest BCUT2D eigenvalue weighted by atomic mass is 10.2. The second kappa shape index (κ2) is 18.3. The molecule has 1 unspecified atom stereocenters. The maximum Gasteiger partial charge on any atom is 0.408 e. The Kier molecular flexibility index (Phi) is 18.4. The minimum absolute atomic E-state index is 0.138. The molecule has 1 rings (SSSR count). The van der Waals surface area contributed by atoms with Crippen LogP contribution in [-0.4, -0.2) is 36.3 Å². The third-order valence-corrected chi connectivity index (χ3v) is 2.64. The molecular weight excluding hydrogens is 320 g/mol. The molecule has 0 spiro atoms. The number of nitrogens with one attached hydrogen (secondary N) is 2. The van der Waals surface area contributed by atoms with Crippen molar-refractivity contribution in [1.82, 2.24) is 10.6 Å². The SMILES string of the molecule is CC.CCC.CCC(NC(=O)OCc1ccccc1)C(=O)NCCO. The zero-order valence-corrected chi connectivity index (χ0v) is 16.2. The monoisotopic (exact) mass is 354 g/mol. The molecule has 1 atom stereocenters. The summed E-state index contributed by atoms with van der Waals surface area (Å²) in [5.41, 5.74) is 0.875. The Labute approximate surface area is 152 Å². The van der Waals surface area contributed by atoms with Gasteiger partial charge in [-0.2, -0.15) is 0 Å². The number of aliphatic hydroxyl groups excluding tert-OH is 1. The first-order valence-electron chi connectivity index (χ1n) is 8.94.